The fourth-order valence-electron chi connectivity index (χ4n) is 3.89. The molecule has 1 fully saturated rings. The molecule has 1 aromatic carbocycles. The van der Waals surface area contributed by atoms with E-state index in [1.807, 2.05) is 42.6 Å². The van der Waals surface area contributed by atoms with Gasteiger partial charge < -0.3 is 9.30 Å². The summed E-state index contributed by atoms with van der Waals surface area (Å²) in [5.41, 5.74) is 2.24. The van der Waals surface area contributed by atoms with Crippen molar-refractivity contribution in [3.8, 4) is 11.3 Å². The summed E-state index contributed by atoms with van der Waals surface area (Å²) in [6.45, 7) is 5.11. The van der Waals surface area contributed by atoms with Gasteiger partial charge in [0, 0.05) is 37.9 Å². The lowest BCUT2D eigenvalue weighted by Gasteiger charge is -2.26. The highest BCUT2D eigenvalue weighted by atomic mass is 16.5. The zero-order chi connectivity index (χ0) is 19.6. The van der Waals surface area contributed by atoms with Crippen molar-refractivity contribution < 1.29 is 4.74 Å². The molecule has 8 nitrogen and oxygen atoms in total. The first-order valence-corrected chi connectivity index (χ1v) is 9.90. The second-order valence-electron chi connectivity index (χ2n) is 7.18. The second kappa shape index (κ2) is 7.73. The number of ether oxygens (including phenoxy) is 1. The molecule has 8 heteroatoms. The number of benzene rings is 1. The first-order valence-electron chi connectivity index (χ1n) is 9.90. The molecule has 0 N–H and O–H groups in total. The summed E-state index contributed by atoms with van der Waals surface area (Å²) < 4.78 is 8.83. The number of fused-ring (bicyclic) bond motifs is 2. The molecule has 1 aliphatic rings. The van der Waals surface area contributed by atoms with Crippen LogP contribution >= 0.6 is 0 Å². The van der Waals surface area contributed by atoms with E-state index in [1.165, 1.54) is 6.33 Å². The number of rotatable bonds is 5. The van der Waals surface area contributed by atoms with Gasteiger partial charge in [-0.3, -0.25) is 9.69 Å². The normalized spacial score (nSPS) is 15.3. The van der Waals surface area contributed by atoms with Crippen LogP contribution in [0.15, 0.2) is 53.7 Å². The fourth-order valence-corrected chi connectivity index (χ4v) is 3.89. The van der Waals surface area contributed by atoms with Crippen LogP contribution in [0.1, 0.15) is 6.42 Å². The average molecular weight is 390 g/mol. The Morgan fingerprint density at radius 3 is 2.69 bits per heavy atom. The van der Waals surface area contributed by atoms with E-state index >= 15 is 0 Å². The first-order chi connectivity index (χ1) is 14.3. The van der Waals surface area contributed by atoms with E-state index in [9.17, 15) is 4.79 Å². The van der Waals surface area contributed by atoms with Crippen molar-refractivity contribution in [1.29, 1.82) is 0 Å². The van der Waals surface area contributed by atoms with Gasteiger partial charge in [0.05, 0.1) is 29.8 Å². The highest BCUT2D eigenvalue weighted by molar-refractivity contribution is 5.93. The monoisotopic (exact) mass is 390 g/mol. The molecule has 3 aromatic heterocycles. The standard InChI is InChI=1S/C21H22N6O2/c28-20-18-17(7-10-26(20)9-4-8-25-11-13-29-14-12-25)24-21-22-15-23-27(21)19(18)16-5-2-1-3-6-16/h1-3,5-7,10,15H,4,8-9,11-14H2. The van der Waals surface area contributed by atoms with E-state index in [2.05, 4.69) is 20.0 Å². The lowest BCUT2D eigenvalue weighted by Crippen LogP contribution is -2.37. The largest absolute Gasteiger partial charge is 0.379 e. The van der Waals surface area contributed by atoms with E-state index in [0.29, 0.717) is 23.2 Å². The number of pyridine rings is 1. The fraction of sp³-hybridized carbons (Fsp3) is 0.333. The summed E-state index contributed by atoms with van der Waals surface area (Å²) in [6.07, 6.45) is 4.21. The van der Waals surface area contributed by atoms with Gasteiger partial charge in [-0.2, -0.15) is 14.6 Å². The zero-order valence-electron chi connectivity index (χ0n) is 16.1. The number of aryl methyl sites for hydroxylation is 1. The molecule has 0 saturated carbocycles. The molecule has 4 heterocycles. The molecule has 0 bridgehead atoms. The number of morpholine rings is 1. The van der Waals surface area contributed by atoms with E-state index in [-0.39, 0.29) is 5.56 Å². The number of hydrogen-bond acceptors (Lipinski definition) is 6. The summed E-state index contributed by atoms with van der Waals surface area (Å²) in [5, 5.41) is 4.89. The van der Waals surface area contributed by atoms with Crippen molar-refractivity contribution in [2.75, 3.05) is 32.8 Å². The van der Waals surface area contributed by atoms with Crippen LogP contribution in [0.3, 0.4) is 0 Å². The van der Waals surface area contributed by atoms with E-state index in [0.717, 1.165) is 50.5 Å². The highest BCUT2D eigenvalue weighted by Gasteiger charge is 2.17. The summed E-state index contributed by atoms with van der Waals surface area (Å²) in [7, 11) is 0. The quantitative estimate of drug-likeness (QED) is 0.517. The molecule has 5 rings (SSSR count). The zero-order valence-corrected chi connectivity index (χ0v) is 16.1. The predicted molar refractivity (Wildman–Crippen MR) is 110 cm³/mol. The maximum Gasteiger partial charge on any atom is 0.262 e. The SMILES string of the molecule is O=c1c2c(-c3ccccc3)n3ncnc3nc2ccn1CCCN1CCOCC1. The van der Waals surface area contributed by atoms with Gasteiger partial charge in [0.1, 0.15) is 6.33 Å². The van der Waals surface area contributed by atoms with Crippen molar-refractivity contribution in [2.45, 2.75) is 13.0 Å². The topological polar surface area (TPSA) is 77.6 Å². The summed E-state index contributed by atoms with van der Waals surface area (Å²) in [4.78, 5) is 24.5. The Kier molecular flexibility index (Phi) is 4.79. The first kappa shape index (κ1) is 18.0. The smallest absolute Gasteiger partial charge is 0.262 e. The van der Waals surface area contributed by atoms with Crippen LogP contribution in [0, 0.1) is 0 Å². The molecule has 29 heavy (non-hydrogen) atoms. The van der Waals surface area contributed by atoms with Crippen molar-refractivity contribution in [3.63, 3.8) is 0 Å². The summed E-state index contributed by atoms with van der Waals surface area (Å²) in [6, 6.07) is 11.7. The molecular formula is C21H22N6O2. The maximum absolute atomic E-state index is 13.4. The maximum atomic E-state index is 13.4. The predicted octanol–water partition coefficient (Wildman–Crippen LogP) is 1.83. The Morgan fingerprint density at radius 1 is 1.03 bits per heavy atom. The molecule has 148 valence electrons. The minimum absolute atomic E-state index is 0.0479. The molecule has 0 atom stereocenters. The highest BCUT2D eigenvalue weighted by Crippen LogP contribution is 2.25. The number of aromatic nitrogens is 5. The van der Waals surface area contributed by atoms with Gasteiger partial charge in [-0.15, -0.1) is 0 Å². The third-order valence-corrected chi connectivity index (χ3v) is 5.37. The summed E-state index contributed by atoms with van der Waals surface area (Å²) in [5.74, 6) is 0.487. The number of hydrogen-bond donors (Lipinski definition) is 0. The van der Waals surface area contributed by atoms with Crippen molar-refractivity contribution in [3.05, 3.63) is 59.3 Å². The van der Waals surface area contributed by atoms with E-state index in [4.69, 9.17) is 4.74 Å². The van der Waals surface area contributed by atoms with Gasteiger partial charge in [0.2, 0.25) is 0 Å². The Hall–Kier alpha value is -3.10. The van der Waals surface area contributed by atoms with E-state index < -0.39 is 0 Å². The van der Waals surface area contributed by atoms with Gasteiger partial charge in [0.25, 0.3) is 11.3 Å². The van der Waals surface area contributed by atoms with Gasteiger partial charge >= 0.3 is 0 Å². The van der Waals surface area contributed by atoms with Crippen LogP contribution in [0.4, 0.5) is 0 Å². The molecule has 1 saturated heterocycles. The lowest BCUT2D eigenvalue weighted by molar-refractivity contribution is 0.0369. The van der Waals surface area contributed by atoms with Crippen LogP contribution in [0.2, 0.25) is 0 Å². The van der Waals surface area contributed by atoms with E-state index in [1.54, 1.807) is 9.08 Å². The van der Waals surface area contributed by atoms with Gasteiger partial charge in [-0.05, 0) is 12.5 Å². The minimum atomic E-state index is -0.0479. The molecule has 0 aliphatic carbocycles. The van der Waals surface area contributed by atoms with Crippen molar-refractivity contribution >= 4 is 16.7 Å². The minimum Gasteiger partial charge on any atom is -0.379 e. The second-order valence-corrected chi connectivity index (χ2v) is 7.18. The Bertz CT molecular complexity index is 1190. The average Bonchev–Trinajstić information content (AvgIpc) is 3.23. The van der Waals surface area contributed by atoms with Crippen LogP contribution in [0.5, 0.6) is 0 Å². The Morgan fingerprint density at radius 2 is 1.86 bits per heavy atom. The van der Waals surface area contributed by atoms with Crippen LogP contribution < -0.4 is 5.56 Å². The lowest BCUT2D eigenvalue weighted by atomic mass is 10.1. The van der Waals surface area contributed by atoms with Crippen LogP contribution in [0.25, 0.3) is 27.9 Å². The molecule has 0 spiro atoms. The van der Waals surface area contributed by atoms with Gasteiger partial charge in [-0.1, -0.05) is 30.3 Å². The molecule has 0 amide bonds. The van der Waals surface area contributed by atoms with Crippen LogP contribution in [-0.2, 0) is 11.3 Å². The number of nitrogens with zero attached hydrogens (tertiary/aromatic N) is 6. The van der Waals surface area contributed by atoms with Crippen molar-refractivity contribution in [1.82, 2.24) is 29.0 Å². The summed E-state index contributed by atoms with van der Waals surface area (Å²) >= 11 is 0. The third kappa shape index (κ3) is 3.41. The van der Waals surface area contributed by atoms with Crippen LogP contribution in [-0.4, -0.2) is 61.9 Å². The third-order valence-electron chi connectivity index (χ3n) is 5.37. The Balaban J connectivity index is 1.55. The molecule has 0 unspecified atom stereocenters. The van der Waals surface area contributed by atoms with Gasteiger partial charge in [-0.25, -0.2) is 4.98 Å². The molecule has 0 radical (unpaired) electrons. The van der Waals surface area contributed by atoms with Crippen molar-refractivity contribution in [2.24, 2.45) is 0 Å². The molecular weight excluding hydrogens is 368 g/mol. The Labute approximate surface area is 167 Å². The molecule has 1 aliphatic heterocycles. The molecule has 4 aromatic rings. The van der Waals surface area contributed by atoms with Gasteiger partial charge in [0.15, 0.2) is 0 Å².